The molecule has 26 heavy (non-hydrogen) atoms. The summed E-state index contributed by atoms with van der Waals surface area (Å²) in [6, 6.07) is 6.43. The fraction of sp³-hybridized carbons (Fsp3) is 0.444. The molecule has 1 fully saturated rings. The van der Waals surface area contributed by atoms with Crippen LogP contribution in [-0.2, 0) is 33.9 Å². The molecular weight excluding hydrogens is 407 g/mol. The minimum Gasteiger partial charge on any atom is -0.381 e. The van der Waals surface area contributed by atoms with Crippen molar-refractivity contribution in [3.05, 3.63) is 51.6 Å². The van der Waals surface area contributed by atoms with Crippen LogP contribution in [0.2, 0.25) is 0 Å². The van der Waals surface area contributed by atoms with Gasteiger partial charge in [0, 0.05) is 24.6 Å². The van der Waals surface area contributed by atoms with Crippen LogP contribution in [0.25, 0.3) is 0 Å². The quantitative estimate of drug-likeness (QED) is 0.702. The third-order valence-corrected chi connectivity index (χ3v) is 5.05. The number of ether oxygens (including phenoxy) is 2. The molecule has 0 spiro atoms. The van der Waals surface area contributed by atoms with Gasteiger partial charge in [0.1, 0.15) is 18.1 Å². The average Bonchev–Trinajstić information content (AvgIpc) is 3.27. The van der Waals surface area contributed by atoms with E-state index in [-0.39, 0.29) is 31.4 Å². The summed E-state index contributed by atoms with van der Waals surface area (Å²) >= 11 is 3.39. The Bertz CT molecular complexity index is 747. The van der Waals surface area contributed by atoms with Gasteiger partial charge in [0.25, 0.3) is 0 Å². The maximum absolute atomic E-state index is 13.5. The lowest BCUT2D eigenvalue weighted by atomic mass is 10.1. The van der Waals surface area contributed by atoms with Crippen LogP contribution in [0.5, 0.6) is 0 Å². The monoisotopic (exact) mass is 426 g/mol. The van der Waals surface area contributed by atoms with Crippen LogP contribution in [0, 0.1) is 11.7 Å². The van der Waals surface area contributed by atoms with Crippen molar-refractivity contribution in [1.29, 1.82) is 0 Å². The number of nitrogens with one attached hydrogen (secondary N) is 1. The largest absolute Gasteiger partial charge is 0.381 e. The highest BCUT2D eigenvalue weighted by Gasteiger charge is 2.19. The first-order valence-electron chi connectivity index (χ1n) is 8.42. The highest BCUT2D eigenvalue weighted by molar-refractivity contribution is 9.10. The molecule has 1 aliphatic rings. The molecule has 1 atom stereocenters. The molecular formula is C18H20BrFN2O4. The predicted molar refractivity (Wildman–Crippen MR) is 94.7 cm³/mol. The summed E-state index contributed by atoms with van der Waals surface area (Å²) in [6.45, 7) is 2.30. The average molecular weight is 427 g/mol. The first-order chi connectivity index (χ1) is 12.6. The van der Waals surface area contributed by atoms with Gasteiger partial charge < -0.3 is 19.3 Å². The lowest BCUT2D eigenvalue weighted by molar-refractivity contribution is -0.120. The van der Waals surface area contributed by atoms with Crippen molar-refractivity contribution in [2.75, 3.05) is 19.8 Å². The highest BCUT2D eigenvalue weighted by atomic mass is 79.9. The Hall–Kier alpha value is -1.77. The molecule has 0 radical (unpaired) electrons. The van der Waals surface area contributed by atoms with Gasteiger partial charge in [0.05, 0.1) is 24.1 Å². The molecule has 1 aromatic heterocycles. The van der Waals surface area contributed by atoms with E-state index in [1.807, 2.05) is 0 Å². The van der Waals surface area contributed by atoms with E-state index < -0.39 is 0 Å². The number of hydrogen-bond acceptors (Lipinski definition) is 5. The first-order valence-corrected chi connectivity index (χ1v) is 9.21. The Kier molecular flexibility index (Phi) is 6.76. The topological polar surface area (TPSA) is 73.6 Å². The minimum absolute atomic E-state index is 0.116. The number of aromatic nitrogens is 1. The Morgan fingerprint density at radius 1 is 1.38 bits per heavy atom. The van der Waals surface area contributed by atoms with E-state index in [1.54, 1.807) is 18.2 Å². The van der Waals surface area contributed by atoms with Crippen molar-refractivity contribution in [2.24, 2.45) is 5.92 Å². The summed E-state index contributed by atoms with van der Waals surface area (Å²) in [7, 11) is 0. The van der Waals surface area contributed by atoms with Crippen molar-refractivity contribution in [3.8, 4) is 0 Å². The highest BCUT2D eigenvalue weighted by Crippen LogP contribution is 2.23. The third-order valence-electron chi connectivity index (χ3n) is 4.15. The maximum Gasteiger partial charge on any atom is 0.226 e. The Morgan fingerprint density at radius 3 is 3.00 bits per heavy atom. The summed E-state index contributed by atoms with van der Waals surface area (Å²) in [6.07, 6.45) is 1.09. The van der Waals surface area contributed by atoms with Crippen LogP contribution in [-0.4, -0.2) is 30.8 Å². The normalized spacial score (nSPS) is 16.8. The second-order valence-corrected chi connectivity index (χ2v) is 6.95. The number of amides is 1. The first kappa shape index (κ1) is 19.0. The Labute approximate surface area is 159 Å². The maximum atomic E-state index is 13.5. The van der Waals surface area contributed by atoms with Crippen LogP contribution in [0.4, 0.5) is 4.39 Å². The molecule has 2 aromatic rings. The SMILES string of the molecule is O=C(Cc1noc(COCc2ccccc2F)c1Br)NCC1CCOC1. The van der Waals surface area contributed by atoms with E-state index in [4.69, 9.17) is 14.0 Å². The zero-order valence-electron chi connectivity index (χ0n) is 14.2. The summed E-state index contributed by atoms with van der Waals surface area (Å²) in [5.74, 6) is 0.411. The zero-order chi connectivity index (χ0) is 18.4. The van der Waals surface area contributed by atoms with Gasteiger partial charge in [-0.3, -0.25) is 4.79 Å². The van der Waals surface area contributed by atoms with Gasteiger partial charge in [-0.1, -0.05) is 23.4 Å². The Balaban J connectivity index is 1.46. The van der Waals surface area contributed by atoms with E-state index in [1.165, 1.54) is 6.07 Å². The molecule has 6 nitrogen and oxygen atoms in total. The molecule has 0 saturated carbocycles. The summed E-state index contributed by atoms with van der Waals surface area (Å²) < 4.78 is 30.1. The molecule has 140 valence electrons. The van der Waals surface area contributed by atoms with Crippen molar-refractivity contribution in [3.63, 3.8) is 0 Å². The van der Waals surface area contributed by atoms with E-state index in [0.717, 1.165) is 13.0 Å². The Morgan fingerprint density at radius 2 is 2.23 bits per heavy atom. The van der Waals surface area contributed by atoms with Crippen molar-refractivity contribution in [2.45, 2.75) is 26.1 Å². The molecule has 2 heterocycles. The molecule has 1 aromatic carbocycles. The second-order valence-electron chi connectivity index (χ2n) is 6.16. The van der Waals surface area contributed by atoms with E-state index in [9.17, 15) is 9.18 Å². The fourth-order valence-electron chi connectivity index (χ4n) is 2.64. The molecule has 1 amide bonds. The fourth-order valence-corrected chi connectivity index (χ4v) is 3.04. The summed E-state index contributed by atoms with van der Waals surface area (Å²) in [5, 5.41) is 6.80. The standard InChI is InChI=1S/C18H20BrFN2O4/c19-18-15(7-17(23)21-8-12-5-6-24-9-12)22-26-16(18)11-25-10-13-3-1-2-4-14(13)20/h1-4,12H,5-11H2,(H,21,23). The van der Waals surface area contributed by atoms with Crippen LogP contribution in [0.3, 0.4) is 0 Å². The van der Waals surface area contributed by atoms with Crippen molar-refractivity contribution < 1.29 is 23.2 Å². The van der Waals surface area contributed by atoms with Gasteiger partial charge in [-0.2, -0.15) is 0 Å². The van der Waals surface area contributed by atoms with E-state index in [0.29, 0.717) is 40.6 Å². The second kappa shape index (κ2) is 9.25. The van der Waals surface area contributed by atoms with Gasteiger partial charge in [0.15, 0.2) is 5.76 Å². The molecule has 0 bridgehead atoms. The molecule has 1 N–H and O–H groups in total. The van der Waals surface area contributed by atoms with Crippen LogP contribution in [0.1, 0.15) is 23.4 Å². The van der Waals surface area contributed by atoms with Crippen molar-refractivity contribution >= 4 is 21.8 Å². The van der Waals surface area contributed by atoms with Crippen LogP contribution >= 0.6 is 15.9 Å². The number of rotatable bonds is 8. The predicted octanol–water partition coefficient (Wildman–Crippen LogP) is 2.99. The molecule has 1 aliphatic heterocycles. The van der Waals surface area contributed by atoms with Gasteiger partial charge in [-0.25, -0.2) is 4.39 Å². The number of hydrogen-bond donors (Lipinski definition) is 1. The third kappa shape index (κ3) is 5.12. The number of carbonyl (C=O) groups excluding carboxylic acids is 1. The number of halogens is 2. The number of benzene rings is 1. The van der Waals surface area contributed by atoms with Crippen LogP contribution in [0.15, 0.2) is 33.3 Å². The number of carbonyl (C=O) groups is 1. The molecule has 3 rings (SSSR count). The smallest absolute Gasteiger partial charge is 0.226 e. The molecule has 1 saturated heterocycles. The van der Waals surface area contributed by atoms with Gasteiger partial charge >= 0.3 is 0 Å². The zero-order valence-corrected chi connectivity index (χ0v) is 15.8. The lowest BCUT2D eigenvalue weighted by Gasteiger charge is -2.08. The van der Waals surface area contributed by atoms with Crippen molar-refractivity contribution in [1.82, 2.24) is 10.5 Å². The summed E-state index contributed by atoms with van der Waals surface area (Å²) in [4.78, 5) is 12.0. The van der Waals surface area contributed by atoms with E-state index >= 15 is 0 Å². The molecule has 0 aliphatic carbocycles. The van der Waals surface area contributed by atoms with Crippen LogP contribution < -0.4 is 5.32 Å². The minimum atomic E-state index is -0.311. The lowest BCUT2D eigenvalue weighted by Crippen LogP contribution is -2.30. The molecule has 1 unspecified atom stereocenters. The summed E-state index contributed by atoms with van der Waals surface area (Å²) in [5.41, 5.74) is 0.980. The van der Waals surface area contributed by atoms with E-state index in [2.05, 4.69) is 26.4 Å². The number of nitrogens with zero attached hydrogens (tertiary/aromatic N) is 1. The van der Waals surface area contributed by atoms with Gasteiger partial charge in [-0.15, -0.1) is 0 Å². The molecule has 8 heteroatoms. The van der Waals surface area contributed by atoms with Gasteiger partial charge in [-0.05, 0) is 28.4 Å². The van der Waals surface area contributed by atoms with Gasteiger partial charge in [0.2, 0.25) is 5.91 Å².